The number of nitrogens with zero attached hydrogens (tertiary/aromatic N) is 1. The smallest absolute Gasteiger partial charge is 0.303 e. The number of amides is 2. The fraction of sp³-hybridized carbons (Fsp3) is 0.500. The number of nitrogens with one attached hydrogen (secondary N) is 2. The third-order valence-corrected chi connectivity index (χ3v) is 3.72. The summed E-state index contributed by atoms with van der Waals surface area (Å²) in [5, 5.41) is 16.1. The zero-order chi connectivity index (χ0) is 14.5. The first-order valence-electron chi connectivity index (χ1n) is 6.31. The Morgan fingerprint density at radius 1 is 1.55 bits per heavy atom. The van der Waals surface area contributed by atoms with Crippen LogP contribution in [0.1, 0.15) is 31.4 Å². The van der Waals surface area contributed by atoms with Crippen LogP contribution in [-0.2, 0) is 20.8 Å². The SMILES string of the molecule is O=C(O)CCCc1csc(NC(=O)[C@@H]2CCC(=O)N2)n1. The summed E-state index contributed by atoms with van der Waals surface area (Å²) in [5.74, 6) is -1.20. The summed E-state index contributed by atoms with van der Waals surface area (Å²) in [6, 6.07) is -0.484. The number of carbonyl (C=O) groups excluding carboxylic acids is 2. The van der Waals surface area contributed by atoms with Gasteiger partial charge in [0.15, 0.2) is 5.13 Å². The number of carboxylic acid groups (broad SMARTS) is 1. The molecule has 1 aliphatic rings. The van der Waals surface area contributed by atoms with Gasteiger partial charge >= 0.3 is 5.97 Å². The second-order valence-corrected chi connectivity index (χ2v) is 5.40. The second-order valence-electron chi connectivity index (χ2n) is 4.54. The lowest BCUT2D eigenvalue weighted by molar-refractivity contribution is -0.137. The minimum Gasteiger partial charge on any atom is -0.481 e. The zero-order valence-electron chi connectivity index (χ0n) is 10.7. The molecule has 1 aromatic rings. The predicted octanol–water partition coefficient (Wildman–Crippen LogP) is 0.767. The van der Waals surface area contributed by atoms with E-state index in [4.69, 9.17) is 5.11 Å². The Kier molecular flexibility index (Phi) is 4.67. The zero-order valence-corrected chi connectivity index (χ0v) is 11.5. The van der Waals surface area contributed by atoms with Gasteiger partial charge < -0.3 is 15.7 Å². The Labute approximate surface area is 119 Å². The fourth-order valence-corrected chi connectivity index (χ4v) is 2.65. The Hall–Kier alpha value is -1.96. The topological polar surface area (TPSA) is 108 Å². The summed E-state index contributed by atoms with van der Waals surface area (Å²) < 4.78 is 0. The number of anilines is 1. The lowest BCUT2D eigenvalue weighted by Gasteiger charge is -2.08. The summed E-state index contributed by atoms with van der Waals surface area (Å²) in [6.07, 6.45) is 2.06. The van der Waals surface area contributed by atoms with Crippen LogP contribution in [0.15, 0.2) is 5.38 Å². The van der Waals surface area contributed by atoms with Gasteiger partial charge in [0.1, 0.15) is 6.04 Å². The minimum absolute atomic E-state index is 0.104. The fourth-order valence-electron chi connectivity index (χ4n) is 1.90. The molecule has 1 saturated heterocycles. The number of aryl methyl sites for hydroxylation is 1. The maximum absolute atomic E-state index is 11.8. The van der Waals surface area contributed by atoms with E-state index in [2.05, 4.69) is 15.6 Å². The van der Waals surface area contributed by atoms with E-state index in [1.807, 2.05) is 0 Å². The average Bonchev–Trinajstić information content (AvgIpc) is 2.98. The third kappa shape index (κ3) is 4.02. The number of carbonyl (C=O) groups is 3. The number of aromatic nitrogens is 1. The normalized spacial score (nSPS) is 17.8. The Morgan fingerprint density at radius 3 is 3.00 bits per heavy atom. The van der Waals surface area contributed by atoms with Crippen LogP contribution >= 0.6 is 11.3 Å². The van der Waals surface area contributed by atoms with Crippen molar-refractivity contribution in [3.05, 3.63) is 11.1 Å². The molecular weight excluding hydrogens is 282 g/mol. The first-order valence-corrected chi connectivity index (χ1v) is 7.19. The van der Waals surface area contributed by atoms with Crippen molar-refractivity contribution < 1.29 is 19.5 Å². The molecule has 108 valence electrons. The minimum atomic E-state index is -0.828. The van der Waals surface area contributed by atoms with Gasteiger partial charge in [-0.3, -0.25) is 14.4 Å². The molecule has 8 heteroatoms. The van der Waals surface area contributed by atoms with Crippen LogP contribution in [-0.4, -0.2) is 33.9 Å². The number of hydrogen-bond donors (Lipinski definition) is 3. The number of hydrogen-bond acceptors (Lipinski definition) is 5. The van der Waals surface area contributed by atoms with Crippen LogP contribution in [0, 0.1) is 0 Å². The maximum Gasteiger partial charge on any atom is 0.303 e. The number of rotatable bonds is 6. The molecule has 7 nitrogen and oxygen atoms in total. The van der Waals surface area contributed by atoms with E-state index in [-0.39, 0.29) is 18.2 Å². The number of thiazole rings is 1. The lowest BCUT2D eigenvalue weighted by Crippen LogP contribution is -2.37. The lowest BCUT2D eigenvalue weighted by atomic mass is 10.2. The van der Waals surface area contributed by atoms with Crippen LogP contribution in [0.25, 0.3) is 0 Å². The molecule has 2 rings (SSSR count). The Morgan fingerprint density at radius 2 is 2.35 bits per heavy atom. The van der Waals surface area contributed by atoms with Crippen molar-refractivity contribution in [3.8, 4) is 0 Å². The summed E-state index contributed by atoms with van der Waals surface area (Å²) in [5.41, 5.74) is 0.766. The second kappa shape index (κ2) is 6.47. The van der Waals surface area contributed by atoms with E-state index < -0.39 is 12.0 Å². The van der Waals surface area contributed by atoms with Gasteiger partial charge in [0, 0.05) is 18.2 Å². The standard InChI is InChI=1S/C12H15N3O4S/c16-9-5-4-8(14-9)11(19)15-12-13-7(6-20-12)2-1-3-10(17)18/h6,8H,1-5H2,(H,14,16)(H,17,18)(H,13,15,19)/t8-/m0/s1. The predicted molar refractivity (Wildman–Crippen MR) is 72.5 cm³/mol. The molecule has 2 heterocycles. The Bertz CT molecular complexity index is 529. The number of carboxylic acids is 1. The molecular formula is C12H15N3O4S. The van der Waals surface area contributed by atoms with Gasteiger partial charge in [-0.05, 0) is 19.3 Å². The van der Waals surface area contributed by atoms with E-state index >= 15 is 0 Å². The molecule has 0 unspecified atom stereocenters. The highest BCUT2D eigenvalue weighted by atomic mass is 32.1. The van der Waals surface area contributed by atoms with Crippen LogP contribution in [0.3, 0.4) is 0 Å². The van der Waals surface area contributed by atoms with Crippen molar-refractivity contribution in [2.24, 2.45) is 0 Å². The van der Waals surface area contributed by atoms with Crippen molar-refractivity contribution in [2.45, 2.75) is 38.1 Å². The molecule has 0 aromatic carbocycles. The van der Waals surface area contributed by atoms with Crippen molar-refractivity contribution in [1.82, 2.24) is 10.3 Å². The molecule has 1 atom stereocenters. The molecule has 0 aliphatic carbocycles. The molecule has 20 heavy (non-hydrogen) atoms. The van der Waals surface area contributed by atoms with Crippen molar-refractivity contribution in [1.29, 1.82) is 0 Å². The third-order valence-electron chi connectivity index (χ3n) is 2.92. The molecule has 1 aromatic heterocycles. The molecule has 1 fully saturated rings. The van der Waals surface area contributed by atoms with Gasteiger partial charge in [-0.2, -0.15) is 0 Å². The largest absolute Gasteiger partial charge is 0.481 e. The van der Waals surface area contributed by atoms with E-state index in [0.29, 0.717) is 30.8 Å². The molecule has 2 amide bonds. The molecule has 0 bridgehead atoms. The van der Waals surface area contributed by atoms with Crippen molar-refractivity contribution >= 4 is 34.3 Å². The van der Waals surface area contributed by atoms with Crippen LogP contribution in [0.5, 0.6) is 0 Å². The van der Waals surface area contributed by atoms with Gasteiger partial charge in [-0.15, -0.1) is 11.3 Å². The van der Waals surface area contributed by atoms with E-state index in [0.717, 1.165) is 5.69 Å². The summed E-state index contributed by atoms with van der Waals surface area (Å²) in [7, 11) is 0. The van der Waals surface area contributed by atoms with Crippen LogP contribution < -0.4 is 10.6 Å². The highest BCUT2D eigenvalue weighted by Crippen LogP contribution is 2.18. The molecule has 0 radical (unpaired) electrons. The van der Waals surface area contributed by atoms with Gasteiger partial charge in [0.25, 0.3) is 0 Å². The summed E-state index contributed by atoms with van der Waals surface area (Å²) >= 11 is 1.29. The first-order chi connectivity index (χ1) is 9.54. The summed E-state index contributed by atoms with van der Waals surface area (Å²) in [6.45, 7) is 0. The number of aliphatic carboxylic acids is 1. The van der Waals surface area contributed by atoms with E-state index in [9.17, 15) is 14.4 Å². The Balaban J connectivity index is 1.81. The first kappa shape index (κ1) is 14.4. The maximum atomic E-state index is 11.8. The van der Waals surface area contributed by atoms with E-state index in [1.165, 1.54) is 11.3 Å². The molecule has 3 N–H and O–H groups in total. The van der Waals surface area contributed by atoms with Gasteiger partial charge in [-0.1, -0.05) is 0 Å². The quantitative estimate of drug-likeness (QED) is 0.718. The van der Waals surface area contributed by atoms with Crippen LogP contribution in [0.4, 0.5) is 5.13 Å². The highest BCUT2D eigenvalue weighted by molar-refractivity contribution is 7.13. The van der Waals surface area contributed by atoms with Crippen molar-refractivity contribution in [2.75, 3.05) is 5.32 Å². The monoisotopic (exact) mass is 297 g/mol. The highest BCUT2D eigenvalue weighted by Gasteiger charge is 2.27. The van der Waals surface area contributed by atoms with Gasteiger partial charge in [0.05, 0.1) is 5.69 Å². The molecule has 0 saturated carbocycles. The molecule has 0 spiro atoms. The van der Waals surface area contributed by atoms with Gasteiger partial charge in [-0.25, -0.2) is 4.98 Å². The average molecular weight is 297 g/mol. The van der Waals surface area contributed by atoms with Crippen molar-refractivity contribution in [3.63, 3.8) is 0 Å². The van der Waals surface area contributed by atoms with Crippen LogP contribution in [0.2, 0.25) is 0 Å². The summed E-state index contributed by atoms with van der Waals surface area (Å²) in [4.78, 5) is 37.5. The molecule has 1 aliphatic heterocycles. The van der Waals surface area contributed by atoms with E-state index in [1.54, 1.807) is 5.38 Å². The van der Waals surface area contributed by atoms with Gasteiger partial charge in [0.2, 0.25) is 11.8 Å².